The van der Waals surface area contributed by atoms with Gasteiger partial charge in [-0.2, -0.15) is 0 Å². The van der Waals surface area contributed by atoms with E-state index in [0.29, 0.717) is 0 Å². The van der Waals surface area contributed by atoms with Crippen LogP contribution in [0.4, 0.5) is 0 Å². The van der Waals surface area contributed by atoms with Gasteiger partial charge in [0.2, 0.25) is 0 Å². The second-order valence-corrected chi connectivity index (χ2v) is 14.6. The van der Waals surface area contributed by atoms with Crippen molar-refractivity contribution >= 4 is 34.4 Å². The van der Waals surface area contributed by atoms with Crippen LogP contribution in [0.1, 0.15) is 52.7 Å². The monoisotopic (exact) mass is 617 g/mol. The van der Waals surface area contributed by atoms with E-state index in [1.807, 2.05) is 18.3 Å². The van der Waals surface area contributed by atoms with Crippen molar-refractivity contribution in [3.05, 3.63) is 133 Å². The Labute approximate surface area is 277 Å². The first-order chi connectivity index (χ1) is 22.0. The van der Waals surface area contributed by atoms with E-state index < -0.39 is 0 Å². The van der Waals surface area contributed by atoms with Gasteiger partial charge in [0.05, 0.1) is 22.4 Å². The third-order valence-corrected chi connectivity index (χ3v) is 9.32. The Morgan fingerprint density at radius 2 is 1.28 bits per heavy atom. The van der Waals surface area contributed by atoms with Crippen LogP contribution in [0.5, 0.6) is 0 Å². The van der Waals surface area contributed by atoms with E-state index in [9.17, 15) is 0 Å². The maximum atomic E-state index is 5.48. The number of rotatable bonds is 4. The molecular formula is C42H39N3S. The van der Waals surface area contributed by atoms with Gasteiger partial charge >= 0.3 is 0 Å². The summed E-state index contributed by atoms with van der Waals surface area (Å²) in [6, 6.07) is 40.9. The smallest absolute Gasteiger partial charge is 0.138 e. The van der Waals surface area contributed by atoms with E-state index in [1.54, 1.807) is 0 Å². The lowest BCUT2D eigenvalue weighted by Gasteiger charge is -2.28. The maximum Gasteiger partial charge on any atom is 0.138 e. The van der Waals surface area contributed by atoms with Crippen LogP contribution in [-0.2, 0) is 10.8 Å². The average Bonchev–Trinajstić information content (AvgIpc) is 3.38. The second-order valence-electron chi connectivity index (χ2n) is 14.2. The molecule has 4 aromatic carbocycles. The van der Waals surface area contributed by atoms with Crippen molar-refractivity contribution in [2.75, 3.05) is 0 Å². The molecule has 7 aromatic rings. The van der Waals surface area contributed by atoms with Crippen molar-refractivity contribution < 1.29 is 0 Å². The minimum atomic E-state index is -0.0817. The predicted molar refractivity (Wildman–Crippen MR) is 197 cm³/mol. The topological polar surface area (TPSA) is 30.7 Å². The summed E-state index contributed by atoms with van der Waals surface area (Å²) >= 11 is 5.21. The van der Waals surface area contributed by atoms with Gasteiger partial charge in [0.1, 0.15) is 5.82 Å². The summed E-state index contributed by atoms with van der Waals surface area (Å²) in [5.41, 5.74) is 10.8. The Hall–Kier alpha value is -4.67. The molecule has 3 heterocycles. The first-order valence-electron chi connectivity index (χ1n) is 15.9. The van der Waals surface area contributed by atoms with Gasteiger partial charge in [-0.25, -0.2) is 4.98 Å². The highest BCUT2D eigenvalue weighted by Gasteiger charge is 2.25. The van der Waals surface area contributed by atoms with Crippen LogP contribution >= 0.6 is 12.6 Å². The minimum Gasteiger partial charge on any atom is -0.294 e. The summed E-state index contributed by atoms with van der Waals surface area (Å²) in [4.78, 5) is 11.1. The summed E-state index contributed by atoms with van der Waals surface area (Å²) in [6.07, 6.45) is 1.85. The lowest BCUT2D eigenvalue weighted by molar-refractivity contribution is 0.560. The molecule has 0 radical (unpaired) electrons. The standard InChI is InChI=1S/C42H39N3S/c1-41(2,3)30-25-33(40(46)34(26-30)42(4,5)6)36-22-29(27-14-8-7-9-15-27)24-39(44-36)45-37-18-11-10-16-31(37)32-20-19-28(23-38(32)45)35-17-12-13-21-43-35/h7-26,46H,1-6H3. The molecular weight excluding hydrogens is 579 g/mol. The van der Waals surface area contributed by atoms with Crippen molar-refractivity contribution in [3.8, 4) is 39.5 Å². The van der Waals surface area contributed by atoms with Crippen molar-refractivity contribution in [1.82, 2.24) is 14.5 Å². The Balaban J connectivity index is 1.56. The first kappa shape index (κ1) is 30.0. The molecule has 0 aliphatic heterocycles. The van der Waals surface area contributed by atoms with Crippen molar-refractivity contribution in [2.45, 2.75) is 57.3 Å². The summed E-state index contributed by atoms with van der Waals surface area (Å²) < 4.78 is 2.31. The number of pyridine rings is 2. The summed E-state index contributed by atoms with van der Waals surface area (Å²) in [7, 11) is 0. The van der Waals surface area contributed by atoms with Crippen LogP contribution in [0, 0.1) is 0 Å². The van der Waals surface area contributed by atoms with Crippen LogP contribution in [0.15, 0.2) is 126 Å². The van der Waals surface area contributed by atoms with Gasteiger partial charge < -0.3 is 0 Å². The van der Waals surface area contributed by atoms with Gasteiger partial charge in [-0.1, -0.05) is 114 Å². The highest BCUT2D eigenvalue weighted by molar-refractivity contribution is 7.80. The molecule has 7 rings (SSSR count). The molecule has 0 bridgehead atoms. The molecule has 0 saturated carbocycles. The average molecular weight is 618 g/mol. The van der Waals surface area contributed by atoms with Gasteiger partial charge in [-0.3, -0.25) is 9.55 Å². The molecule has 4 heteroatoms. The third kappa shape index (κ3) is 5.41. The first-order valence-corrected chi connectivity index (χ1v) is 16.3. The minimum absolute atomic E-state index is 0.0369. The van der Waals surface area contributed by atoms with E-state index in [0.717, 1.165) is 55.4 Å². The largest absolute Gasteiger partial charge is 0.294 e. The predicted octanol–water partition coefficient (Wildman–Crippen LogP) is 11.5. The zero-order valence-corrected chi connectivity index (χ0v) is 28.2. The number of benzene rings is 4. The molecule has 0 aliphatic rings. The van der Waals surface area contributed by atoms with E-state index >= 15 is 0 Å². The molecule has 0 fully saturated rings. The number of para-hydroxylation sites is 1. The second kappa shape index (κ2) is 11.3. The van der Waals surface area contributed by atoms with Gasteiger partial charge in [0.15, 0.2) is 0 Å². The Morgan fingerprint density at radius 1 is 0.565 bits per heavy atom. The Kier molecular flexibility index (Phi) is 7.37. The quantitative estimate of drug-likeness (QED) is 0.199. The van der Waals surface area contributed by atoms with E-state index in [4.69, 9.17) is 17.6 Å². The van der Waals surface area contributed by atoms with E-state index in [2.05, 4.69) is 154 Å². The highest BCUT2D eigenvalue weighted by atomic mass is 32.1. The molecule has 0 saturated heterocycles. The molecule has 0 spiro atoms. The fourth-order valence-electron chi connectivity index (χ4n) is 6.31. The van der Waals surface area contributed by atoms with Gasteiger partial charge in [0.25, 0.3) is 0 Å². The number of hydrogen-bond acceptors (Lipinski definition) is 3. The molecule has 228 valence electrons. The third-order valence-electron chi connectivity index (χ3n) is 8.84. The number of thiol groups is 1. The number of hydrogen-bond donors (Lipinski definition) is 1. The summed E-state index contributed by atoms with van der Waals surface area (Å²) in [6.45, 7) is 13.6. The number of nitrogens with zero attached hydrogens (tertiary/aromatic N) is 3. The van der Waals surface area contributed by atoms with Gasteiger partial charge in [-0.15, -0.1) is 12.6 Å². The van der Waals surface area contributed by atoms with Crippen molar-refractivity contribution in [2.24, 2.45) is 0 Å². The zero-order valence-electron chi connectivity index (χ0n) is 27.3. The van der Waals surface area contributed by atoms with Crippen LogP contribution in [-0.4, -0.2) is 14.5 Å². The fourth-order valence-corrected chi connectivity index (χ4v) is 6.89. The van der Waals surface area contributed by atoms with Crippen LogP contribution < -0.4 is 0 Å². The maximum absolute atomic E-state index is 5.48. The molecule has 3 aromatic heterocycles. The molecule has 0 aliphatic carbocycles. The Morgan fingerprint density at radius 3 is 2.00 bits per heavy atom. The lowest BCUT2D eigenvalue weighted by atomic mass is 9.79. The number of aromatic nitrogens is 3. The molecule has 0 N–H and O–H groups in total. The molecule has 3 nitrogen and oxygen atoms in total. The zero-order chi connectivity index (χ0) is 32.2. The molecule has 46 heavy (non-hydrogen) atoms. The molecule has 0 unspecified atom stereocenters. The van der Waals surface area contributed by atoms with Crippen molar-refractivity contribution in [3.63, 3.8) is 0 Å². The highest BCUT2D eigenvalue weighted by Crippen LogP contribution is 2.41. The van der Waals surface area contributed by atoms with E-state index in [1.165, 1.54) is 21.9 Å². The van der Waals surface area contributed by atoms with Crippen LogP contribution in [0.2, 0.25) is 0 Å². The lowest BCUT2D eigenvalue weighted by Crippen LogP contribution is -2.17. The normalized spacial score (nSPS) is 12.2. The van der Waals surface area contributed by atoms with Gasteiger partial charge in [-0.05, 0) is 75.5 Å². The SMILES string of the molecule is CC(C)(C)c1cc(-c2cc(-c3ccccc3)cc(-n3c4ccccc4c4ccc(-c5ccccn5)cc43)n2)c(S)c(C(C)(C)C)c1. The van der Waals surface area contributed by atoms with E-state index in [-0.39, 0.29) is 10.8 Å². The summed E-state index contributed by atoms with van der Waals surface area (Å²) in [5.74, 6) is 0.868. The molecule has 0 amide bonds. The number of fused-ring (bicyclic) bond motifs is 3. The molecule has 0 atom stereocenters. The van der Waals surface area contributed by atoms with Crippen LogP contribution in [0.3, 0.4) is 0 Å². The summed E-state index contributed by atoms with van der Waals surface area (Å²) in [5, 5.41) is 2.38. The fraction of sp³-hybridized carbons (Fsp3) is 0.190. The van der Waals surface area contributed by atoms with Crippen molar-refractivity contribution in [1.29, 1.82) is 0 Å². The Bertz CT molecular complexity index is 2220. The van der Waals surface area contributed by atoms with Crippen LogP contribution in [0.25, 0.3) is 61.3 Å². The van der Waals surface area contributed by atoms with Gasteiger partial charge in [0, 0.05) is 33.0 Å².